The molecular weight excluding hydrogens is 272 g/mol. The molecule has 7 nitrogen and oxygen atoms in total. The number of nitrogens with zero attached hydrogens (tertiary/aromatic N) is 4. The van der Waals surface area contributed by atoms with Crippen molar-refractivity contribution in [2.24, 2.45) is 0 Å². The van der Waals surface area contributed by atoms with Crippen LogP contribution in [-0.2, 0) is 28.9 Å². The summed E-state index contributed by atoms with van der Waals surface area (Å²) in [5, 5.41) is 12.5. The fourth-order valence-corrected chi connectivity index (χ4v) is 1.63. The number of methoxy groups -OCH3 is 1. The van der Waals surface area contributed by atoms with Gasteiger partial charge in [0.25, 0.3) is 0 Å². The van der Waals surface area contributed by atoms with Crippen molar-refractivity contribution in [3.63, 3.8) is 0 Å². The number of halogens is 1. The summed E-state index contributed by atoms with van der Waals surface area (Å²) in [5.74, 6) is 0.282. The smallest absolute Gasteiger partial charge is 0.315 e. The van der Waals surface area contributed by atoms with E-state index in [1.54, 1.807) is 10.9 Å². The molecule has 0 fully saturated rings. The zero-order valence-corrected chi connectivity index (χ0v) is 11.3. The number of ether oxygens (including phenoxy) is 1. The minimum atomic E-state index is -0.412. The van der Waals surface area contributed by atoms with Crippen LogP contribution in [0.5, 0.6) is 0 Å². The number of esters is 1. The van der Waals surface area contributed by atoms with Gasteiger partial charge in [0.15, 0.2) is 0 Å². The normalized spacial score (nSPS) is 10.7. The van der Waals surface area contributed by atoms with E-state index >= 15 is 0 Å². The predicted octanol–water partition coefficient (Wildman–Crippen LogP) is 1.19. The lowest BCUT2D eigenvalue weighted by atomic mass is 10.4. The number of carbonyl (C=O) groups excluding carboxylic acids is 1. The molecule has 8 heteroatoms. The average molecular weight is 285 g/mol. The maximum absolute atomic E-state index is 11.0. The summed E-state index contributed by atoms with van der Waals surface area (Å²) in [6, 6.07) is 0. The Morgan fingerprint density at radius 2 is 2.21 bits per heavy atom. The SMILES string of the molecule is COC(=O)Cc1nnc(CCn2cc(Cl)c(C)n2)o1. The van der Waals surface area contributed by atoms with Gasteiger partial charge in [-0.2, -0.15) is 5.10 Å². The summed E-state index contributed by atoms with van der Waals surface area (Å²) < 4.78 is 11.5. The largest absolute Gasteiger partial charge is 0.469 e. The van der Waals surface area contributed by atoms with E-state index in [0.717, 1.165) is 5.69 Å². The van der Waals surface area contributed by atoms with E-state index in [-0.39, 0.29) is 12.3 Å². The summed E-state index contributed by atoms with van der Waals surface area (Å²) in [6.07, 6.45) is 2.24. The minimum Gasteiger partial charge on any atom is -0.469 e. The molecule has 0 aliphatic carbocycles. The summed E-state index contributed by atoms with van der Waals surface area (Å²) in [5.41, 5.74) is 0.776. The standard InChI is InChI=1S/C11H13ClN4O3/c1-7-8(12)6-16(15-7)4-3-9-13-14-10(19-9)5-11(17)18-2/h6H,3-5H2,1-2H3. The molecule has 2 aromatic heterocycles. The fourth-order valence-electron chi connectivity index (χ4n) is 1.47. The van der Waals surface area contributed by atoms with Gasteiger partial charge >= 0.3 is 5.97 Å². The third kappa shape index (κ3) is 3.54. The van der Waals surface area contributed by atoms with Gasteiger partial charge in [0.2, 0.25) is 11.8 Å². The minimum absolute atomic E-state index is 0.0177. The molecule has 102 valence electrons. The van der Waals surface area contributed by atoms with Crippen LogP contribution in [0.4, 0.5) is 0 Å². The molecule has 0 unspecified atom stereocenters. The maximum Gasteiger partial charge on any atom is 0.315 e. The van der Waals surface area contributed by atoms with Gasteiger partial charge < -0.3 is 9.15 Å². The van der Waals surface area contributed by atoms with Gasteiger partial charge in [-0.05, 0) is 6.92 Å². The Morgan fingerprint density at radius 1 is 1.47 bits per heavy atom. The van der Waals surface area contributed by atoms with Gasteiger partial charge in [0.1, 0.15) is 6.42 Å². The van der Waals surface area contributed by atoms with Crippen LogP contribution >= 0.6 is 11.6 Å². The van der Waals surface area contributed by atoms with Crippen LogP contribution in [0.25, 0.3) is 0 Å². The second-order valence-corrected chi connectivity index (χ2v) is 4.33. The molecule has 0 atom stereocenters. The maximum atomic E-state index is 11.0. The van der Waals surface area contributed by atoms with Crippen LogP contribution in [0.15, 0.2) is 10.6 Å². The van der Waals surface area contributed by atoms with Crippen LogP contribution in [-0.4, -0.2) is 33.1 Å². The zero-order chi connectivity index (χ0) is 13.8. The highest BCUT2D eigenvalue weighted by molar-refractivity contribution is 6.31. The van der Waals surface area contributed by atoms with Crippen molar-refractivity contribution in [1.82, 2.24) is 20.0 Å². The Balaban J connectivity index is 1.91. The molecule has 0 spiro atoms. The summed E-state index contributed by atoms with van der Waals surface area (Å²) >= 11 is 5.90. The molecule has 0 bridgehead atoms. The van der Waals surface area contributed by atoms with Crippen molar-refractivity contribution in [2.75, 3.05) is 7.11 Å². The molecule has 0 aliphatic heterocycles. The van der Waals surface area contributed by atoms with E-state index in [0.29, 0.717) is 23.9 Å². The molecule has 0 aromatic carbocycles. The quantitative estimate of drug-likeness (QED) is 0.767. The van der Waals surface area contributed by atoms with Crippen molar-refractivity contribution in [3.8, 4) is 0 Å². The summed E-state index contributed by atoms with van der Waals surface area (Å²) in [4.78, 5) is 11.0. The molecule has 0 radical (unpaired) electrons. The van der Waals surface area contributed by atoms with E-state index in [4.69, 9.17) is 16.0 Å². The van der Waals surface area contributed by atoms with Crippen LogP contribution in [0, 0.1) is 6.92 Å². The number of aryl methyl sites for hydroxylation is 3. The van der Waals surface area contributed by atoms with Crippen molar-refractivity contribution < 1.29 is 13.9 Å². The molecule has 0 N–H and O–H groups in total. The van der Waals surface area contributed by atoms with Crippen LogP contribution in [0.1, 0.15) is 17.5 Å². The monoisotopic (exact) mass is 284 g/mol. The van der Waals surface area contributed by atoms with Gasteiger partial charge in [0.05, 0.1) is 17.8 Å². The van der Waals surface area contributed by atoms with Crippen LogP contribution in [0.2, 0.25) is 5.02 Å². The van der Waals surface area contributed by atoms with Crippen LogP contribution < -0.4 is 0 Å². The topological polar surface area (TPSA) is 83.0 Å². The zero-order valence-electron chi connectivity index (χ0n) is 10.6. The van der Waals surface area contributed by atoms with E-state index in [1.165, 1.54) is 7.11 Å². The lowest BCUT2D eigenvalue weighted by Crippen LogP contribution is -2.04. The lowest BCUT2D eigenvalue weighted by Gasteiger charge is -1.97. The third-order valence-electron chi connectivity index (χ3n) is 2.47. The first-order valence-corrected chi connectivity index (χ1v) is 6.04. The highest BCUT2D eigenvalue weighted by Crippen LogP contribution is 2.12. The Labute approximate surface area is 114 Å². The summed E-state index contributed by atoms with van der Waals surface area (Å²) in [7, 11) is 1.31. The first-order valence-electron chi connectivity index (χ1n) is 5.66. The number of carbonyl (C=O) groups is 1. The molecule has 2 aromatic rings. The molecule has 0 amide bonds. The molecular formula is C11H13ClN4O3. The number of hydrogen-bond acceptors (Lipinski definition) is 6. The molecule has 2 rings (SSSR count). The Kier molecular flexibility index (Phi) is 4.16. The van der Waals surface area contributed by atoms with E-state index in [1.807, 2.05) is 6.92 Å². The Bertz CT molecular complexity index is 559. The first kappa shape index (κ1) is 13.5. The third-order valence-corrected chi connectivity index (χ3v) is 2.84. The molecule has 0 saturated carbocycles. The van der Waals surface area contributed by atoms with Crippen molar-refractivity contribution in [1.29, 1.82) is 0 Å². The van der Waals surface area contributed by atoms with Gasteiger partial charge in [-0.15, -0.1) is 10.2 Å². The lowest BCUT2D eigenvalue weighted by molar-refractivity contribution is -0.140. The van der Waals surface area contributed by atoms with Gasteiger partial charge in [-0.1, -0.05) is 11.6 Å². The van der Waals surface area contributed by atoms with E-state index < -0.39 is 5.97 Å². The van der Waals surface area contributed by atoms with Crippen molar-refractivity contribution in [2.45, 2.75) is 26.3 Å². The first-order chi connectivity index (χ1) is 9.08. The summed E-state index contributed by atoms with van der Waals surface area (Å²) in [6.45, 7) is 2.41. The second kappa shape index (κ2) is 5.83. The average Bonchev–Trinajstić information content (AvgIpc) is 2.95. The van der Waals surface area contributed by atoms with Gasteiger partial charge in [-0.3, -0.25) is 9.48 Å². The number of rotatable bonds is 5. The Hall–Kier alpha value is -1.89. The number of hydrogen-bond donors (Lipinski definition) is 0. The van der Waals surface area contributed by atoms with Crippen LogP contribution in [0.3, 0.4) is 0 Å². The van der Waals surface area contributed by atoms with Crippen molar-refractivity contribution >= 4 is 17.6 Å². The number of aromatic nitrogens is 4. The van der Waals surface area contributed by atoms with Crippen molar-refractivity contribution in [3.05, 3.63) is 28.7 Å². The highest BCUT2D eigenvalue weighted by Gasteiger charge is 2.11. The molecule has 2 heterocycles. The molecule has 19 heavy (non-hydrogen) atoms. The van der Waals surface area contributed by atoms with Gasteiger partial charge in [-0.25, -0.2) is 0 Å². The molecule has 0 saturated heterocycles. The highest BCUT2D eigenvalue weighted by atomic mass is 35.5. The van der Waals surface area contributed by atoms with E-state index in [2.05, 4.69) is 20.0 Å². The fraction of sp³-hybridized carbons (Fsp3) is 0.455. The second-order valence-electron chi connectivity index (χ2n) is 3.92. The van der Waals surface area contributed by atoms with Gasteiger partial charge in [0, 0.05) is 19.2 Å². The molecule has 0 aliphatic rings. The van der Waals surface area contributed by atoms with E-state index in [9.17, 15) is 4.79 Å². The predicted molar refractivity (Wildman–Crippen MR) is 65.7 cm³/mol. The Morgan fingerprint density at radius 3 is 2.84 bits per heavy atom.